The van der Waals surface area contributed by atoms with Gasteiger partial charge in [-0.15, -0.1) is 10.2 Å². The number of H-pyrrole nitrogens is 1. The van der Waals surface area contributed by atoms with Crippen LogP contribution in [0.4, 0.5) is 35.0 Å². The number of amides is 3. The highest BCUT2D eigenvalue weighted by molar-refractivity contribution is 6.06. The molecule has 4 N–H and O–H groups in total. The van der Waals surface area contributed by atoms with Crippen molar-refractivity contribution in [3.05, 3.63) is 83.9 Å². The molecule has 0 aliphatic carbocycles. The number of aromatic nitrogens is 4. The van der Waals surface area contributed by atoms with Crippen LogP contribution in [0, 0.1) is 0 Å². The number of primary amides is 1. The van der Waals surface area contributed by atoms with Crippen molar-refractivity contribution < 1.29 is 22.8 Å². The van der Waals surface area contributed by atoms with Gasteiger partial charge in [-0.3, -0.25) is 9.69 Å². The van der Waals surface area contributed by atoms with E-state index >= 15 is 0 Å². The lowest BCUT2D eigenvalue weighted by atomic mass is 10.1. The molecular weight excluding hydrogens is 451 g/mol. The average Bonchev–Trinajstić information content (AvgIpc) is 3.35. The second kappa shape index (κ2) is 9.02. The maximum Gasteiger partial charge on any atom is 0.416 e. The first-order valence-electron chi connectivity index (χ1n) is 9.75. The molecule has 0 spiro atoms. The van der Waals surface area contributed by atoms with Crippen LogP contribution >= 0.6 is 0 Å². The minimum atomic E-state index is -4.62. The van der Waals surface area contributed by atoms with Crippen molar-refractivity contribution in [1.29, 1.82) is 0 Å². The largest absolute Gasteiger partial charge is 0.416 e. The number of anilines is 3. The summed E-state index contributed by atoms with van der Waals surface area (Å²) >= 11 is 0. The molecule has 4 aromatic rings. The van der Waals surface area contributed by atoms with E-state index in [0.29, 0.717) is 11.3 Å². The van der Waals surface area contributed by atoms with Gasteiger partial charge in [0.2, 0.25) is 5.82 Å². The monoisotopic (exact) mass is 467 g/mol. The van der Waals surface area contributed by atoms with Crippen molar-refractivity contribution in [2.75, 3.05) is 10.2 Å². The number of alkyl halides is 3. The molecule has 0 radical (unpaired) electrons. The van der Waals surface area contributed by atoms with E-state index < -0.39 is 23.7 Å². The second-order valence-electron chi connectivity index (χ2n) is 7.01. The Bertz CT molecular complexity index is 1330. The number of nitrogens with zero attached hydrogens (tertiary/aromatic N) is 4. The zero-order valence-electron chi connectivity index (χ0n) is 17.2. The Balaban J connectivity index is 1.78. The number of halogens is 3. The van der Waals surface area contributed by atoms with Crippen LogP contribution in [-0.4, -0.2) is 32.6 Å². The van der Waals surface area contributed by atoms with Crippen molar-refractivity contribution in [1.82, 2.24) is 20.6 Å². The fourth-order valence-electron chi connectivity index (χ4n) is 3.26. The first-order chi connectivity index (χ1) is 16.2. The third-order valence-corrected chi connectivity index (χ3v) is 4.77. The number of hydrogen-bond donors (Lipinski definition) is 3. The van der Waals surface area contributed by atoms with Crippen LogP contribution in [0.2, 0.25) is 0 Å². The number of nitrogens with two attached hydrogens (primary N) is 1. The Labute approximate surface area is 190 Å². The van der Waals surface area contributed by atoms with E-state index in [2.05, 4.69) is 25.9 Å². The summed E-state index contributed by atoms with van der Waals surface area (Å²) in [5.74, 6) is -0.360. The fraction of sp³-hybridized carbons (Fsp3) is 0.0455. The van der Waals surface area contributed by atoms with E-state index in [1.807, 2.05) is 0 Å². The maximum atomic E-state index is 13.2. The van der Waals surface area contributed by atoms with Gasteiger partial charge in [-0.05, 0) is 53.7 Å². The fourth-order valence-corrected chi connectivity index (χ4v) is 3.26. The number of urea groups is 1. The van der Waals surface area contributed by atoms with Crippen molar-refractivity contribution in [2.45, 2.75) is 6.18 Å². The Hall–Kier alpha value is -4.74. The molecule has 0 fully saturated rings. The standard InChI is InChI=1S/C22H16F3N7O2/c23-22(24,25)14-7-4-8-16(11-14)32(21(26)34)18-10-9-15(12-17(18)19-28-30-31-29-19)27-20(33)13-5-2-1-3-6-13/h1-12H,(H2,26,34)(H,27,33)(H,28,29,30,31). The molecule has 0 bridgehead atoms. The van der Waals surface area contributed by atoms with Crippen LogP contribution in [0.1, 0.15) is 15.9 Å². The van der Waals surface area contributed by atoms with Crippen molar-refractivity contribution in [3.63, 3.8) is 0 Å². The molecule has 172 valence electrons. The average molecular weight is 467 g/mol. The van der Waals surface area contributed by atoms with Gasteiger partial charge in [-0.1, -0.05) is 24.3 Å². The van der Waals surface area contributed by atoms with Gasteiger partial charge in [-0.25, -0.2) is 4.79 Å². The van der Waals surface area contributed by atoms with Crippen LogP contribution in [0.5, 0.6) is 0 Å². The van der Waals surface area contributed by atoms with Crippen LogP contribution in [-0.2, 0) is 6.18 Å². The molecule has 1 heterocycles. The zero-order valence-corrected chi connectivity index (χ0v) is 17.2. The molecule has 0 atom stereocenters. The quantitative estimate of drug-likeness (QED) is 0.402. The first-order valence-corrected chi connectivity index (χ1v) is 9.75. The molecule has 0 saturated heterocycles. The Kier molecular flexibility index (Phi) is 5.95. The maximum absolute atomic E-state index is 13.2. The number of rotatable bonds is 5. The van der Waals surface area contributed by atoms with Gasteiger partial charge in [0.05, 0.1) is 16.9 Å². The number of tetrazole rings is 1. The summed E-state index contributed by atoms with van der Waals surface area (Å²) in [5.41, 5.74) is 5.49. The summed E-state index contributed by atoms with van der Waals surface area (Å²) in [5, 5.41) is 16.3. The first kappa shape index (κ1) is 22.5. The number of benzene rings is 3. The Morgan fingerprint density at radius 2 is 1.74 bits per heavy atom. The van der Waals surface area contributed by atoms with E-state index in [9.17, 15) is 22.8 Å². The number of hydrogen-bond acceptors (Lipinski definition) is 5. The van der Waals surface area contributed by atoms with E-state index in [1.54, 1.807) is 30.3 Å². The van der Waals surface area contributed by atoms with Crippen molar-refractivity contribution in [3.8, 4) is 11.4 Å². The number of carbonyl (C=O) groups is 2. The topological polar surface area (TPSA) is 130 Å². The summed E-state index contributed by atoms with van der Waals surface area (Å²) < 4.78 is 39.7. The van der Waals surface area contributed by atoms with Gasteiger partial charge in [0.1, 0.15) is 0 Å². The molecule has 0 saturated carbocycles. The molecule has 34 heavy (non-hydrogen) atoms. The normalized spacial score (nSPS) is 11.1. The summed E-state index contributed by atoms with van der Waals surface area (Å²) in [7, 11) is 0. The third kappa shape index (κ3) is 4.70. The highest BCUT2D eigenvalue weighted by Crippen LogP contribution is 2.38. The summed E-state index contributed by atoms with van der Waals surface area (Å²) in [4.78, 5) is 25.8. The third-order valence-electron chi connectivity index (χ3n) is 4.77. The number of nitrogens with one attached hydrogen (secondary N) is 2. The van der Waals surface area contributed by atoms with Crippen LogP contribution in [0.25, 0.3) is 11.4 Å². The van der Waals surface area contributed by atoms with Gasteiger partial charge < -0.3 is 11.1 Å². The molecule has 9 nitrogen and oxygen atoms in total. The van der Waals surface area contributed by atoms with Gasteiger partial charge in [-0.2, -0.15) is 18.4 Å². The molecule has 0 aliphatic rings. The second-order valence-corrected chi connectivity index (χ2v) is 7.01. The molecular formula is C22H16F3N7O2. The lowest BCUT2D eigenvalue weighted by Gasteiger charge is -2.24. The van der Waals surface area contributed by atoms with Crippen LogP contribution in [0.15, 0.2) is 72.8 Å². The van der Waals surface area contributed by atoms with E-state index in [4.69, 9.17) is 5.73 Å². The highest BCUT2D eigenvalue weighted by atomic mass is 19.4. The summed E-state index contributed by atoms with van der Waals surface area (Å²) in [6, 6.07) is 15.9. The van der Waals surface area contributed by atoms with Gasteiger partial charge >= 0.3 is 12.2 Å². The summed E-state index contributed by atoms with van der Waals surface area (Å²) in [6.45, 7) is 0. The van der Waals surface area contributed by atoms with Gasteiger partial charge in [0, 0.05) is 16.8 Å². The molecule has 12 heteroatoms. The Morgan fingerprint density at radius 3 is 2.38 bits per heavy atom. The molecule has 1 aromatic heterocycles. The Morgan fingerprint density at radius 1 is 0.971 bits per heavy atom. The van der Waals surface area contributed by atoms with Crippen LogP contribution in [0.3, 0.4) is 0 Å². The predicted octanol–water partition coefficient (Wildman–Crippen LogP) is 4.35. The highest BCUT2D eigenvalue weighted by Gasteiger charge is 2.32. The molecule has 3 aromatic carbocycles. The smallest absolute Gasteiger partial charge is 0.351 e. The lowest BCUT2D eigenvalue weighted by molar-refractivity contribution is -0.137. The number of aromatic amines is 1. The predicted molar refractivity (Wildman–Crippen MR) is 117 cm³/mol. The zero-order chi connectivity index (χ0) is 24.3. The van der Waals surface area contributed by atoms with Gasteiger partial charge in [0.25, 0.3) is 5.91 Å². The molecule has 0 unspecified atom stereocenters. The minimum absolute atomic E-state index is 0.0315. The van der Waals surface area contributed by atoms with Crippen LogP contribution < -0.4 is 16.0 Å². The number of carbonyl (C=O) groups excluding carboxylic acids is 2. The van der Waals surface area contributed by atoms with E-state index in [-0.39, 0.29) is 22.8 Å². The molecule has 3 amide bonds. The summed E-state index contributed by atoms with van der Waals surface area (Å²) in [6.07, 6.45) is -4.62. The van der Waals surface area contributed by atoms with E-state index in [1.165, 1.54) is 24.3 Å². The van der Waals surface area contributed by atoms with Crippen molar-refractivity contribution in [2.24, 2.45) is 5.73 Å². The van der Waals surface area contributed by atoms with Crippen molar-refractivity contribution >= 4 is 29.0 Å². The molecule has 4 rings (SSSR count). The minimum Gasteiger partial charge on any atom is -0.351 e. The lowest BCUT2D eigenvalue weighted by Crippen LogP contribution is -2.32. The van der Waals surface area contributed by atoms with E-state index in [0.717, 1.165) is 23.1 Å². The SMILES string of the molecule is NC(=O)N(c1cccc(C(F)(F)F)c1)c1ccc(NC(=O)c2ccccc2)cc1-c1nn[nH]n1. The molecule has 0 aliphatic heterocycles. The van der Waals surface area contributed by atoms with Gasteiger partial charge in [0.15, 0.2) is 0 Å².